The lowest BCUT2D eigenvalue weighted by Crippen LogP contribution is -2.21. The predicted molar refractivity (Wildman–Crippen MR) is 139 cm³/mol. The molecule has 1 aromatic carbocycles. The molecule has 1 aliphatic carbocycles. The quantitative estimate of drug-likeness (QED) is 0.343. The van der Waals surface area contributed by atoms with Gasteiger partial charge in [-0.2, -0.15) is 10.2 Å². The molecule has 0 fully saturated rings. The zero-order valence-corrected chi connectivity index (χ0v) is 20.6. The van der Waals surface area contributed by atoms with E-state index < -0.39 is 0 Å². The first-order valence-electron chi connectivity index (χ1n) is 11.1. The molecule has 4 nitrogen and oxygen atoms in total. The van der Waals surface area contributed by atoms with E-state index in [4.69, 9.17) is 9.73 Å². The number of allylic oxidation sites excluding steroid dienone is 4. The van der Waals surface area contributed by atoms with Gasteiger partial charge in [0.2, 0.25) is 0 Å². The van der Waals surface area contributed by atoms with Gasteiger partial charge in [-0.15, -0.1) is 0 Å². The molecule has 3 aliphatic rings. The van der Waals surface area contributed by atoms with Crippen molar-refractivity contribution in [2.45, 2.75) is 58.3 Å². The Bertz CT molecular complexity index is 1030. The van der Waals surface area contributed by atoms with E-state index in [-0.39, 0.29) is 0 Å². The van der Waals surface area contributed by atoms with Crippen LogP contribution < -0.4 is 4.74 Å². The van der Waals surface area contributed by atoms with Crippen molar-refractivity contribution in [1.82, 2.24) is 0 Å². The summed E-state index contributed by atoms with van der Waals surface area (Å²) >= 11 is 2.29. The molecule has 0 spiro atoms. The average Bonchev–Trinajstić information content (AvgIpc) is 3.14. The Balaban J connectivity index is 1.44. The Kier molecular flexibility index (Phi) is 6.89. The molecule has 1 atom stereocenters. The fraction of sp³-hybridized carbons (Fsp3) is 0.423. The number of ether oxygens (including phenoxy) is 1. The number of hydrogen-bond acceptors (Lipinski definition) is 4. The fourth-order valence-corrected chi connectivity index (χ4v) is 5.54. The van der Waals surface area contributed by atoms with Crippen LogP contribution in [0.1, 0.15) is 56.6 Å². The maximum absolute atomic E-state index is 5.65. The molecule has 0 amide bonds. The number of methoxy groups -OCH3 is 1. The minimum absolute atomic E-state index is 0.337. The van der Waals surface area contributed by atoms with E-state index in [9.17, 15) is 0 Å². The van der Waals surface area contributed by atoms with Gasteiger partial charge in [-0.05, 0) is 101 Å². The molecule has 5 heteroatoms. The number of halogens is 1. The molecule has 2 heterocycles. The molecule has 162 valence electrons. The second-order valence-corrected chi connectivity index (χ2v) is 10.00. The Morgan fingerprint density at radius 3 is 2.94 bits per heavy atom. The zero-order chi connectivity index (χ0) is 21.8. The molecule has 2 bridgehead atoms. The van der Waals surface area contributed by atoms with Gasteiger partial charge in [0, 0.05) is 12.6 Å². The summed E-state index contributed by atoms with van der Waals surface area (Å²) in [7, 11) is 1.78. The zero-order valence-electron chi connectivity index (χ0n) is 18.5. The lowest BCUT2D eigenvalue weighted by Gasteiger charge is -2.29. The number of fused-ring (bicyclic) bond motifs is 3. The van der Waals surface area contributed by atoms with Crippen molar-refractivity contribution < 1.29 is 4.74 Å². The van der Waals surface area contributed by atoms with E-state index in [1.54, 1.807) is 7.11 Å². The molecule has 0 radical (unpaired) electrons. The van der Waals surface area contributed by atoms with Gasteiger partial charge in [0.15, 0.2) is 0 Å². The third-order valence-electron chi connectivity index (χ3n) is 6.58. The lowest BCUT2D eigenvalue weighted by molar-refractivity contribution is 0.245. The van der Waals surface area contributed by atoms with Crippen LogP contribution in [0.25, 0.3) is 0 Å². The van der Waals surface area contributed by atoms with Crippen molar-refractivity contribution in [2.75, 3.05) is 7.11 Å². The molecule has 0 saturated carbocycles. The van der Waals surface area contributed by atoms with Gasteiger partial charge in [0.05, 0.1) is 28.3 Å². The monoisotopic (exact) mass is 527 g/mol. The van der Waals surface area contributed by atoms with Crippen LogP contribution in [0.5, 0.6) is 5.75 Å². The van der Waals surface area contributed by atoms with Crippen molar-refractivity contribution in [2.24, 2.45) is 20.6 Å². The highest BCUT2D eigenvalue weighted by atomic mass is 127. The molecule has 0 saturated heterocycles. The number of nitrogens with zero attached hydrogens (tertiary/aromatic N) is 3. The van der Waals surface area contributed by atoms with Gasteiger partial charge in [0.25, 0.3) is 0 Å². The summed E-state index contributed by atoms with van der Waals surface area (Å²) in [6, 6.07) is 6.50. The lowest BCUT2D eigenvalue weighted by atomic mass is 9.76. The first kappa shape index (κ1) is 22.2. The van der Waals surface area contributed by atoms with Crippen LogP contribution in [0, 0.1) is 5.41 Å². The van der Waals surface area contributed by atoms with Crippen molar-refractivity contribution in [3.05, 3.63) is 62.9 Å². The van der Waals surface area contributed by atoms with Crippen molar-refractivity contribution >= 4 is 40.2 Å². The van der Waals surface area contributed by atoms with Crippen molar-refractivity contribution in [1.29, 1.82) is 0 Å². The SMILES string of the molecule is C=C(CCCC1(CCC)Cc2cccc(OC)c2C1)C1=N\C=C(\I)C2=NN=C/C(=C\1)C2. The largest absolute Gasteiger partial charge is 0.496 e. The van der Waals surface area contributed by atoms with E-state index in [1.807, 2.05) is 12.4 Å². The van der Waals surface area contributed by atoms with Crippen molar-refractivity contribution in [3.63, 3.8) is 0 Å². The van der Waals surface area contributed by atoms with Crippen LogP contribution in [-0.4, -0.2) is 24.7 Å². The first-order chi connectivity index (χ1) is 15.0. The van der Waals surface area contributed by atoms with Crippen LogP contribution in [0.3, 0.4) is 0 Å². The summed E-state index contributed by atoms with van der Waals surface area (Å²) in [5.74, 6) is 1.05. The summed E-state index contributed by atoms with van der Waals surface area (Å²) in [5, 5.41) is 8.36. The number of aliphatic imine (C=N–C) groups is 1. The Morgan fingerprint density at radius 2 is 2.13 bits per heavy atom. The maximum Gasteiger partial charge on any atom is 0.122 e. The normalized spacial score (nSPS) is 26.9. The number of hydrogen-bond donors (Lipinski definition) is 0. The minimum Gasteiger partial charge on any atom is -0.496 e. The highest BCUT2D eigenvalue weighted by Gasteiger charge is 2.37. The molecule has 0 aromatic heterocycles. The van der Waals surface area contributed by atoms with Gasteiger partial charge in [-0.25, -0.2) is 0 Å². The summed E-state index contributed by atoms with van der Waals surface area (Å²) in [6.45, 7) is 6.68. The molecule has 1 unspecified atom stereocenters. The predicted octanol–water partition coefficient (Wildman–Crippen LogP) is 6.79. The minimum atomic E-state index is 0.337. The van der Waals surface area contributed by atoms with E-state index in [0.29, 0.717) is 5.41 Å². The third-order valence-corrected chi connectivity index (χ3v) is 7.48. The highest BCUT2D eigenvalue weighted by Crippen LogP contribution is 2.47. The van der Waals surface area contributed by atoms with E-state index in [1.165, 1.54) is 30.4 Å². The van der Waals surface area contributed by atoms with Gasteiger partial charge in [-0.3, -0.25) is 4.99 Å². The number of benzene rings is 1. The van der Waals surface area contributed by atoms with E-state index >= 15 is 0 Å². The fourth-order valence-electron chi connectivity index (χ4n) is 5.10. The van der Waals surface area contributed by atoms with Crippen LogP contribution in [0.4, 0.5) is 0 Å². The summed E-state index contributed by atoms with van der Waals surface area (Å²) < 4.78 is 6.70. The standard InChI is InChI=1S/C26H30IN3O/c1-4-10-26(14-20-8-5-9-25(31-3)21(20)15-26)11-6-7-18(2)23-12-19-13-24(30-29-16-19)22(27)17-28-23/h5,8-9,12,16-17H,2,4,6-7,10-11,13-15H2,1,3H3/b19-12-,22-17+,23-12?,24-22?,28-17?,28-23-. The first-order valence-corrected chi connectivity index (χ1v) is 12.2. The molecular formula is C26H30IN3O. The second kappa shape index (κ2) is 9.63. The molecule has 2 aliphatic heterocycles. The van der Waals surface area contributed by atoms with Crippen molar-refractivity contribution in [3.8, 4) is 5.75 Å². The second-order valence-electron chi connectivity index (χ2n) is 8.84. The Morgan fingerprint density at radius 1 is 1.26 bits per heavy atom. The van der Waals surface area contributed by atoms with Gasteiger partial charge in [-0.1, -0.05) is 32.1 Å². The van der Waals surface area contributed by atoms with Crippen LogP contribution in [0.2, 0.25) is 0 Å². The van der Waals surface area contributed by atoms with Gasteiger partial charge < -0.3 is 4.74 Å². The summed E-state index contributed by atoms with van der Waals surface area (Å²) in [6.07, 6.45) is 14.7. The molecule has 4 rings (SSSR count). The molecule has 31 heavy (non-hydrogen) atoms. The van der Waals surface area contributed by atoms with E-state index in [2.05, 4.69) is 70.6 Å². The maximum atomic E-state index is 5.65. The smallest absolute Gasteiger partial charge is 0.122 e. The third kappa shape index (κ3) is 4.92. The summed E-state index contributed by atoms with van der Waals surface area (Å²) in [4.78, 5) is 4.72. The topological polar surface area (TPSA) is 46.3 Å². The Labute approximate surface area is 199 Å². The molecular weight excluding hydrogens is 497 g/mol. The van der Waals surface area contributed by atoms with Gasteiger partial charge in [0.1, 0.15) is 5.75 Å². The van der Waals surface area contributed by atoms with Gasteiger partial charge >= 0.3 is 0 Å². The van der Waals surface area contributed by atoms with Crippen LogP contribution in [-0.2, 0) is 12.8 Å². The average molecular weight is 527 g/mol. The Hall–Kier alpha value is -2.02. The molecule has 0 N–H and O–H groups in total. The summed E-state index contributed by atoms with van der Waals surface area (Å²) in [5.41, 5.74) is 7.43. The van der Waals surface area contributed by atoms with E-state index in [0.717, 1.165) is 64.0 Å². The number of rotatable bonds is 8. The van der Waals surface area contributed by atoms with Crippen LogP contribution >= 0.6 is 22.6 Å². The molecule has 1 aromatic rings. The highest BCUT2D eigenvalue weighted by molar-refractivity contribution is 14.1. The van der Waals surface area contributed by atoms with Crippen LogP contribution in [0.15, 0.2) is 67.0 Å².